The van der Waals surface area contributed by atoms with Gasteiger partial charge in [0.05, 0.1) is 12.2 Å². The molecule has 1 aromatic heterocycles. The molecule has 0 spiro atoms. The van der Waals surface area contributed by atoms with Gasteiger partial charge in [0.15, 0.2) is 5.96 Å². The van der Waals surface area contributed by atoms with Crippen LogP contribution in [0.3, 0.4) is 0 Å². The fourth-order valence-corrected chi connectivity index (χ4v) is 3.73. The number of rotatable bonds is 7. The minimum atomic E-state index is 0.239. The van der Waals surface area contributed by atoms with Crippen LogP contribution in [-0.2, 0) is 18.9 Å². The van der Waals surface area contributed by atoms with Gasteiger partial charge in [-0.15, -0.1) is 0 Å². The summed E-state index contributed by atoms with van der Waals surface area (Å²) in [7, 11) is 2.01. The first kappa shape index (κ1) is 19.5. The summed E-state index contributed by atoms with van der Waals surface area (Å²) >= 11 is 0. The standard InChI is InChI=1S/C22H33N5/c1-6-23-21(24-15-22(12-13-22)19-10-8-7-9-11-19)25-16(2)14-20-17(3)26-27(5)18(20)4/h7-11,16H,6,12-15H2,1-5H3,(H2,23,24,25). The molecule has 146 valence electrons. The lowest BCUT2D eigenvalue weighted by molar-refractivity contribution is 0.627. The molecule has 27 heavy (non-hydrogen) atoms. The third-order valence-corrected chi connectivity index (χ3v) is 5.68. The van der Waals surface area contributed by atoms with Gasteiger partial charge < -0.3 is 10.6 Å². The van der Waals surface area contributed by atoms with Crippen molar-refractivity contribution in [2.75, 3.05) is 13.1 Å². The van der Waals surface area contributed by atoms with Crippen LogP contribution >= 0.6 is 0 Å². The Bertz CT molecular complexity index is 787. The highest BCUT2D eigenvalue weighted by molar-refractivity contribution is 5.80. The van der Waals surface area contributed by atoms with E-state index in [4.69, 9.17) is 4.99 Å². The topological polar surface area (TPSA) is 54.2 Å². The summed E-state index contributed by atoms with van der Waals surface area (Å²) in [6.07, 6.45) is 3.40. The molecule has 0 aliphatic heterocycles. The maximum Gasteiger partial charge on any atom is 0.191 e. The van der Waals surface area contributed by atoms with E-state index in [9.17, 15) is 0 Å². The molecule has 1 aliphatic rings. The van der Waals surface area contributed by atoms with E-state index in [1.54, 1.807) is 0 Å². The summed E-state index contributed by atoms with van der Waals surface area (Å²) in [6, 6.07) is 11.1. The van der Waals surface area contributed by atoms with Gasteiger partial charge in [-0.3, -0.25) is 9.67 Å². The van der Waals surface area contributed by atoms with Crippen molar-refractivity contribution in [3.05, 3.63) is 52.8 Å². The predicted octanol–water partition coefficient (Wildman–Crippen LogP) is 3.25. The maximum absolute atomic E-state index is 4.93. The molecule has 1 fully saturated rings. The third-order valence-electron chi connectivity index (χ3n) is 5.68. The van der Waals surface area contributed by atoms with E-state index in [1.807, 2.05) is 11.7 Å². The second-order valence-corrected chi connectivity index (χ2v) is 7.86. The molecule has 5 heteroatoms. The molecule has 1 saturated carbocycles. The number of hydrogen-bond donors (Lipinski definition) is 2. The molecular formula is C22H33N5. The Hall–Kier alpha value is -2.30. The summed E-state index contributed by atoms with van der Waals surface area (Å²) in [5, 5.41) is 11.5. The normalized spacial score (nSPS) is 16.9. The van der Waals surface area contributed by atoms with Gasteiger partial charge in [0.25, 0.3) is 0 Å². The van der Waals surface area contributed by atoms with E-state index in [1.165, 1.54) is 29.7 Å². The number of hydrogen-bond acceptors (Lipinski definition) is 2. The highest BCUT2D eigenvalue weighted by atomic mass is 15.3. The van der Waals surface area contributed by atoms with Crippen molar-refractivity contribution in [3.63, 3.8) is 0 Å². The lowest BCUT2D eigenvalue weighted by atomic mass is 9.96. The molecule has 5 nitrogen and oxygen atoms in total. The molecule has 0 radical (unpaired) electrons. The Kier molecular flexibility index (Phi) is 5.88. The summed E-state index contributed by atoms with van der Waals surface area (Å²) in [4.78, 5) is 4.93. The predicted molar refractivity (Wildman–Crippen MR) is 112 cm³/mol. The zero-order valence-corrected chi connectivity index (χ0v) is 17.3. The summed E-state index contributed by atoms with van der Waals surface area (Å²) in [6.45, 7) is 10.2. The van der Waals surface area contributed by atoms with Gasteiger partial charge in [-0.25, -0.2) is 0 Å². The Morgan fingerprint density at radius 2 is 1.96 bits per heavy atom. The molecule has 1 aromatic carbocycles. The fourth-order valence-electron chi connectivity index (χ4n) is 3.73. The quantitative estimate of drug-likeness (QED) is 0.583. The largest absolute Gasteiger partial charge is 0.357 e. The van der Waals surface area contributed by atoms with Crippen LogP contribution in [0.1, 0.15) is 49.2 Å². The van der Waals surface area contributed by atoms with Crippen LogP contribution in [0.15, 0.2) is 35.3 Å². The van der Waals surface area contributed by atoms with E-state index >= 15 is 0 Å². The van der Waals surface area contributed by atoms with Crippen LogP contribution in [0.2, 0.25) is 0 Å². The summed E-state index contributed by atoms with van der Waals surface area (Å²) in [5.74, 6) is 0.909. The minimum absolute atomic E-state index is 0.239. The molecule has 1 aliphatic carbocycles. The first-order chi connectivity index (χ1) is 12.9. The monoisotopic (exact) mass is 367 g/mol. The van der Waals surface area contributed by atoms with Gasteiger partial charge in [-0.2, -0.15) is 5.10 Å². The van der Waals surface area contributed by atoms with Crippen LogP contribution < -0.4 is 10.6 Å². The van der Waals surface area contributed by atoms with E-state index in [-0.39, 0.29) is 11.5 Å². The molecular weight excluding hydrogens is 334 g/mol. The second kappa shape index (κ2) is 8.15. The van der Waals surface area contributed by atoms with Gasteiger partial charge in [0.1, 0.15) is 0 Å². The fraction of sp³-hybridized carbons (Fsp3) is 0.545. The molecule has 2 N–H and O–H groups in total. The van der Waals surface area contributed by atoms with Gasteiger partial charge in [0, 0.05) is 30.7 Å². The Morgan fingerprint density at radius 1 is 1.26 bits per heavy atom. The highest BCUT2D eigenvalue weighted by Crippen LogP contribution is 2.48. The maximum atomic E-state index is 4.93. The van der Waals surface area contributed by atoms with Crippen molar-refractivity contribution in [3.8, 4) is 0 Å². The molecule has 2 aromatic rings. The first-order valence-corrected chi connectivity index (χ1v) is 10.0. The number of aryl methyl sites for hydroxylation is 2. The van der Waals surface area contributed by atoms with E-state index < -0.39 is 0 Å². The van der Waals surface area contributed by atoms with Crippen LogP contribution in [0, 0.1) is 13.8 Å². The van der Waals surface area contributed by atoms with Gasteiger partial charge in [-0.1, -0.05) is 30.3 Å². The number of nitrogens with zero attached hydrogens (tertiary/aromatic N) is 3. The Balaban J connectivity index is 1.65. The molecule has 0 amide bonds. The second-order valence-electron chi connectivity index (χ2n) is 7.86. The van der Waals surface area contributed by atoms with Gasteiger partial charge in [-0.05, 0) is 58.1 Å². The van der Waals surface area contributed by atoms with Crippen LogP contribution in [0.5, 0.6) is 0 Å². The zero-order chi connectivity index (χ0) is 19.4. The molecule has 1 atom stereocenters. The van der Waals surface area contributed by atoms with E-state index in [0.717, 1.165) is 31.2 Å². The number of benzene rings is 1. The van der Waals surface area contributed by atoms with Crippen LogP contribution in [0.25, 0.3) is 0 Å². The number of guanidine groups is 1. The molecule has 0 bridgehead atoms. The SMILES string of the molecule is CCNC(=NCC1(c2ccccc2)CC1)NC(C)Cc1c(C)nn(C)c1C. The van der Waals surface area contributed by atoms with Crippen molar-refractivity contribution in [2.24, 2.45) is 12.0 Å². The van der Waals surface area contributed by atoms with Gasteiger partial charge >= 0.3 is 0 Å². The number of aromatic nitrogens is 2. The molecule has 0 saturated heterocycles. The van der Waals surface area contributed by atoms with E-state index in [2.05, 4.69) is 73.8 Å². The lowest BCUT2D eigenvalue weighted by Crippen LogP contribution is -2.43. The molecule has 1 heterocycles. The Morgan fingerprint density at radius 3 is 2.52 bits per heavy atom. The van der Waals surface area contributed by atoms with Crippen molar-refractivity contribution >= 4 is 5.96 Å². The van der Waals surface area contributed by atoms with Crippen molar-refractivity contribution in [2.45, 2.75) is 58.4 Å². The number of nitrogens with one attached hydrogen (secondary N) is 2. The molecule has 1 unspecified atom stereocenters. The summed E-state index contributed by atoms with van der Waals surface area (Å²) < 4.78 is 1.97. The zero-order valence-electron chi connectivity index (χ0n) is 17.3. The average Bonchev–Trinajstić information content (AvgIpc) is 3.41. The van der Waals surface area contributed by atoms with E-state index in [0.29, 0.717) is 0 Å². The molecule has 3 rings (SSSR count). The minimum Gasteiger partial charge on any atom is -0.357 e. The Labute approximate surface area is 163 Å². The van der Waals surface area contributed by atoms with Crippen molar-refractivity contribution < 1.29 is 0 Å². The van der Waals surface area contributed by atoms with Crippen LogP contribution in [-0.4, -0.2) is 34.9 Å². The first-order valence-electron chi connectivity index (χ1n) is 10.0. The van der Waals surface area contributed by atoms with Gasteiger partial charge in [0.2, 0.25) is 0 Å². The average molecular weight is 368 g/mol. The highest BCUT2D eigenvalue weighted by Gasteiger charge is 2.44. The van der Waals surface area contributed by atoms with Crippen molar-refractivity contribution in [1.29, 1.82) is 0 Å². The third kappa shape index (κ3) is 4.52. The lowest BCUT2D eigenvalue weighted by Gasteiger charge is -2.20. The number of aliphatic imine (C=N–C) groups is 1. The van der Waals surface area contributed by atoms with Crippen molar-refractivity contribution in [1.82, 2.24) is 20.4 Å². The summed E-state index contributed by atoms with van der Waals surface area (Å²) in [5.41, 5.74) is 5.34. The smallest absolute Gasteiger partial charge is 0.191 e. The van der Waals surface area contributed by atoms with Crippen LogP contribution in [0.4, 0.5) is 0 Å².